The topological polar surface area (TPSA) is 55.2 Å². The van der Waals surface area contributed by atoms with Gasteiger partial charge in [0.05, 0.1) is 12.7 Å². The predicted molar refractivity (Wildman–Crippen MR) is 104 cm³/mol. The highest BCUT2D eigenvalue weighted by Crippen LogP contribution is 2.57. The highest BCUT2D eigenvalue weighted by Gasteiger charge is 2.48. The van der Waals surface area contributed by atoms with Crippen molar-refractivity contribution in [1.29, 1.82) is 0 Å². The molecule has 1 N–H and O–H groups in total. The molecule has 0 aliphatic heterocycles. The Bertz CT molecular complexity index is 846. The molecule has 4 aliphatic carbocycles. The molecule has 1 aromatic heterocycles. The van der Waals surface area contributed by atoms with Crippen molar-refractivity contribution < 1.29 is 9.84 Å². The third-order valence-electron chi connectivity index (χ3n) is 6.84. The van der Waals surface area contributed by atoms with Crippen LogP contribution < -0.4 is 4.74 Å². The number of aliphatic hydroxyl groups excluding tert-OH is 1. The number of hydrogen-bond donors (Lipinski definition) is 1. The molecule has 4 heteroatoms. The van der Waals surface area contributed by atoms with E-state index in [1.807, 2.05) is 13.1 Å². The average Bonchev–Trinajstić information content (AvgIpc) is 3.58. The van der Waals surface area contributed by atoms with Crippen LogP contribution in [0.5, 0.6) is 5.88 Å². The summed E-state index contributed by atoms with van der Waals surface area (Å²) in [6.45, 7) is 4.92. The van der Waals surface area contributed by atoms with Gasteiger partial charge in [-0.3, -0.25) is 0 Å². The molecule has 0 amide bonds. The van der Waals surface area contributed by atoms with E-state index in [0.29, 0.717) is 23.7 Å². The van der Waals surface area contributed by atoms with Crippen LogP contribution in [0, 0.1) is 24.7 Å². The zero-order chi connectivity index (χ0) is 18.5. The maximum Gasteiger partial charge on any atom is 0.220 e. The van der Waals surface area contributed by atoms with Crippen molar-refractivity contribution in [1.82, 2.24) is 9.97 Å². The smallest absolute Gasteiger partial charge is 0.220 e. The first-order valence-electron chi connectivity index (χ1n) is 10.3. The van der Waals surface area contributed by atoms with Crippen molar-refractivity contribution in [3.63, 3.8) is 0 Å². The standard InChI is InChI=1S/C23H28N2O2/c1-13-18-4-3-5-19(22(13)18)20-10-16(20)12-27-23-21(11-24-14(2)25-23)15-6-8-17(26)9-7-15/h3-5,11,15-17,20,22,26H,6-10,12H2,1-2H3. The van der Waals surface area contributed by atoms with Gasteiger partial charge in [0.25, 0.3) is 0 Å². The molecule has 0 bridgehead atoms. The van der Waals surface area contributed by atoms with Gasteiger partial charge in [0, 0.05) is 23.6 Å². The maximum absolute atomic E-state index is 9.79. The summed E-state index contributed by atoms with van der Waals surface area (Å²) in [5, 5.41) is 9.79. The van der Waals surface area contributed by atoms with Crippen molar-refractivity contribution in [3.05, 3.63) is 52.5 Å². The van der Waals surface area contributed by atoms with Crippen LogP contribution in [0.15, 0.2) is 41.1 Å². The number of fused-ring (bicyclic) bond motifs is 1. The second-order valence-electron chi connectivity index (χ2n) is 8.69. The Morgan fingerprint density at radius 3 is 2.81 bits per heavy atom. The summed E-state index contributed by atoms with van der Waals surface area (Å²) in [5.74, 6) is 3.85. The van der Waals surface area contributed by atoms with Crippen molar-refractivity contribution in [3.8, 4) is 5.88 Å². The first-order chi connectivity index (χ1) is 13.1. The molecule has 0 saturated heterocycles. The van der Waals surface area contributed by atoms with E-state index in [-0.39, 0.29) is 6.10 Å². The van der Waals surface area contributed by atoms with Crippen LogP contribution in [0.2, 0.25) is 0 Å². The van der Waals surface area contributed by atoms with E-state index >= 15 is 0 Å². The lowest BCUT2D eigenvalue weighted by atomic mass is 9.83. The summed E-state index contributed by atoms with van der Waals surface area (Å²) in [4.78, 5) is 9.02. The number of aryl methyl sites for hydroxylation is 1. The minimum Gasteiger partial charge on any atom is -0.477 e. The normalized spacial score (nSPS) is 34.2. The molecule has 4 nitrogen and oxygen atoms in total. The number of ether oxygens (including phenoxy) is 1. The Morgan fingerprint density at radius 2 is 2.00 bits per heavy atom. The minimum absolute atomic E-state index is 0.147. The summed E-state index contributed by atoms with van der Waals surface area (Å²) in [5.41, 5.74) is 5.81. The van der Waals surface area contributed by atoms with Crippen molar-refractivity contribution in [2.45, 2.75) is 58.0 Å². The average molecular weight is 364 g/mol. The van der Waals surface area contributed by atoms with Crippen LogP contribution in [-0.4, -0.2) is 27.8 Å². The van der Waals surface area contributed by atoms with E-state index in [4.69, 9.17) is 4.74 Å². The highest BCUT2D eigenvalue weighted by molar-refractivity contribution is 5.59. The Kier molecular flexibility index (Phi) is 4.19. The number of aliphatic hydroxyl groups is 1. The summed E-state index contributed by atoms with van der Waals surface area (Å²) in [7, 11) is 0. The Balaban J connectivity index is 1.24. The van der Waals surface area contributed by atoms with Crippen LogP contribution in [0.4, 0.5) is 0 Å². The van der Waals surface area contributed by atoms with Gasteiger partial charge in [0.15, 0.2) is 0 Å². The lowest BCUT2D eigenvalue weighted by Crippen LogP contribution is -2.18. The van der Waals surface area contributed by atoms with Gasteiger partial charge in [-0.05, 0) is 63.4 Å². The largest absolute Gasteiger partial charge is 0.477 e. The molecule has 0 aromatic carbocycles. The monoisotopic (exact) mass is 364 g/mol. The fourth-order valence-electron chi connectivity index (χ4n) is 4.97. The Hall–Kier alpha value is -1.94. The molecule has 3 unspecified atom stereocenters. The summed E-state index contributed by atoms with van der Waals surface area (Å²) in [6, 6.07) is 0. The number of nitrogens with zero attached hydrogens (tertiary/aromatic N) is 2. The van der Waals surface area contributed by atoms with Gasteiger partial charge in [-0.25, -0.2) is 4.98 Å². The highest BCUT2D eigenvalue weighted by atomic mass is 16.5. The van der Waals surface area contributed by atoms with Crippen LogP contribution in [-0.2, 0) is 0 Å². The van der Waals surface area contributed by atoms with Crippen LogP contribution in [0.1, 0.15) is 56.3 Å². The van der Waals surface area contributed by atoms with Crippen molar-refractivity contribution >= 4 is 0 Å². The first kappa shape index (κ1) is 17.2. The lowest BCUT2D eigenvalue weighted by Gasteiger charge is -2.26. The third kappa shape index (κ3) is 3.25. The molecule has 1 heterocycles. The Morgan fingerprint density at radius 1 is 1.19 bits per heavy atom. The minimum atomic E-state index is -0.147. The van der Waals surface area contributed by atoms with Crippen molar-refractivity contribution in [2.75, 3.05) is 6.61 Å². The molecule has 0 radical (unpaired) electrons. The molecule has 27 heavy (non-hydrogen) atoms. The van der Waals surface area contributed by atoms with Gasteiger partial charge in [-0.1, -0.05) is 29.4 Å². The molecular weight excluding hydrogens is 336 g/mol. The third-order valence-corrected chi connectivity index (χ3v) is 6.84. The molecule has 3 atom stereocenters. The summed E-state index contributed by atoms with van der Waals surface area (Å²) in [6.07, 6.45) is 13.5. The van der Waals surface area contributed by atoms with Crippen LogP contribution >= 0.6 is 0 Å². The van der Waals surface area contributed by atoms with Gasteiger partial charge in [-0.15, -0.1) is 0 Å². The van der Waals surface area contributed by atoms with E-state index in [2.05, 4.69) is 35.1 Å². The fraction of sp³-hybridized carbons (Fsp3) is 0.565. The van der Waals surface area contributed by atoms with Gasteiger partial charge in [-0.2, -0.15) is 4.98 Å². The molecule has 2 saturated carbocycles. The Labute approximate surface area is 161 Å². The van der Waals surface area contributed by atoms with E-state index in [9.17, 15) is 5.11 Å². The lowest BCUT2D eigenvalue weighted by molar-refractivity contribution is 0.121. The first-order valence-corrected chi connectivity index (χ1v) is 10.3. The molecule has 2 fully saturated rings. The second-order valence-corrected chi connectivity index (χ2v) is 8.69. The molecule has 0 spiro atoms. The molecule has 142 valence electrons. The SMILES string of the molecule is CC1=C2C=CC=C(C3CC3COc3nc(C)ncc3C3CCC(O)CC3)C12. The fourth-order valence-corrected chi connectivity index (χ4v) is 4.97. The van der Waals surface area contributed by atoms with E-state index in [1.165, 1.54) is 12.0 Å². The number of allylic oxidation sites excluding steroid dienone is 6. The van der Waals surface area contributed by atoms with E-state index in [1.54, 1.807) is 11.1 Å². The number of hydrogen-bond acceptors (Lipinski definition) is 4. The summed E-state index contributed by atoms with van der Waals surface area (Å²) < 4.78 is 6.25. The van der Waals surface area contributed by atoms with Crippen LogP contribution in [0.25, 0.3) is 0 Å². The van der Waals surface area contributed by atoms with Crippen LogP contribution in [0.3, 0.4) is 0 Å². The van der Waals surface area contributed by atoms with Gasteiger partial charge >= 0.3 is 0 Å². The van der Waals surface area contributed by atoms with Gasteiger partial charge in [0.2, 0.25) is 5.88 Å². The summed E-state index contributed by atoms with van der Waals surface area (Å²) >= 11 is 0. The van der Waals surface area contributed by atoms with E-state index < -0.39 is 0 Å². The molecule has 5 rings (SSSR count). The van der Waals surface area contributed by atoms with Gasteiger partial charge in [0.1, 0.15) is 5.82 Å². The maximum atomic E-state index is 9.79. The number of aromatic nitrogens is 2. The van der Waals surface area contributed by atoms with Gasteiger partial charge < -0.3 is 9.84 Å². The molecule has 1 aromatic rings. The quantitative estimate of drug-likeness (QED) is 0.848. The molecular formula is C23H28N2O2. The number of rotatable bonds is 5. The van der Waals surface area contributed by atoms with Crippen molar-refractivity contribution in [2.24, 2.45) is 17.8 Å². The zero-order valence-electron chi connectivity index (χ0n) is 16.2. The second kappa shape index (κ2) is 6.59. The zero-order valence-corrected chi connectivity index (χ0v) is 16.2. The molecule has 4 aliphatic rings. The predicted octanol–water partition coefficient (Wildman–Crippen LogP) is 4.26. The van der Waals surface area contributed by atoms with E-state index in [0.717, 1.165) is 49.6 Å².